The van der Waals surface area contributed by atoms with E-state index in [1.807, 2.05) is 24.7 Å². The van der Waals surface area contributed by atoms with E-state index in [0.717, 1.165) is 16.5 Å². The van der Waals surface area contributed by atoms with Crippen LogP contribution in [0.25, 0.3) is 0 Å². The molecular weight excluding hydrogens is 196 g/mol. The average molecular weight is 210 g/mol. The Balaban J connectivity index is 2.53. The zero-order chi connectivity index (χ0) is 10.6. The van der Waals surface area contributed by atoms with E-state index in [4.69, 9.17) is 5.26 Å². The van der Waals surface area contributed by atoms with Gasteiger partial charge >= 0.3 is 0 Å². The highest BCUT2D eigenvalue weighted by atomic mass is 32.2. The smallest absolute Gasteiger partial charge is 0.105 e. The van der Waals surface area contributed by atoms with Crippen molar-refractivity contribution in [2.75, 3.05) is 12.8 Å². The van der Waals surface area contributed by atoms with Gasteiger partial charge in [0.15, 0.2) is 0 Å². The summed E-state index contributed by atoms with van der Waals surface area (Å²) in [6.45, 7) is 1.96. The number of aromatic nitrogens is 2. The van der Waals surface area contributed by atoms with Gasteiger partial charge in [-0.25, -0.2) is 0 Å². The summed E-state index contributed by atoms with van der Waals surface area (Å²) >= 11 is 1.64. The monoisotopic (exact) mass is 210 g/mol. The molecule has 0 saturated heterocycles. The minimum absolute atomic E-state index is 0.102. The topological polar surface area (TPSA) is 53.6 Å². The summed E-state index contributed by atoms with van der Waals surface area (Å²) in [5, 5.41) is 17.0. The van der Waals surface area contributed by atoms with Gasteiger partial charge in [0.1, 0.15) is 6.04 Å². The van der Waals surface area contributed by atoms with Crippen LogP contribution < -0.4 is 5.32 Å². The summed E-state index contributed by atoms with van der Waals surface area (Å²) in [6.07, 6.45) is 0. The Kier molecular flexibility index (Phi) is 3.98. The molecule has 0 aliphatic rings. The molecule has 1 unspecified atom stereocenters. The molecule has 0 fully saturated rings. The van der Waals surface area contributed by atoms with Crippen molar-refractivity contribution in [1.29, 1.82) is 5.26 Å². The summed E-state index contributed by atoms with van der Waals surface area (Å²) in [4.78, 5) is 0. The molecule has 1 N–H and O–H groups in total. The fraction of sp³-hybridized carbons (Fsp3) is 0.556. The van der Waals surface area contributed by atoms with Gasteiger partial charge in [-0.05, 0) is 20.0 Å². The van der Waals surface area contributed by atoms with Crippen LogP contribution in [-0.2, 0) is 7.05 Å². The van der Waals surface area contributed by atoms with Crippen LogP contribution in [0.2, 0.25) is 0 Å². The second-order valence-corrected chi connectivity index (χ2v) is 4.07. The van der Waals surface area contributed by atoms with Crippen LogP contribution in [0.1, 0.15) is 5.69 Å². The van der Waals surface area contributed by atoms with Gasteiger partial charge in [-0.2, -0.15) is 10.4 Å². The molecule has 14 heavy (non-hydrogen) atoms. The minimum atomic E-state index is -0.102. The molecule has 1 rings (SSSR count). The highest BCUT2D eigenvalue weighted by molar-refractivity contribution is 7.99. The molecule has 0 spiro atoms. The number of nitriles is 1. The van der Waals surface area contributed by atoms with Gasteiger partial charge in [0.2, 0.25) is 0 Å². The molecule has 0 bridgehead atoms. The highest BCUT2D eigenvalue weighted by Crippen LogP contribution is 2.18. The predicted molar refractivity (Wildman–Crippen MR) is 57.1 cm³/mol. The lowest BCUT2D eigenvalue weighted by molar-refractivity contribution is 0.689. The first-order valence-corrected chi connectivity index (χ1v) is 5.36. The van der Waals surface area contributed by atoms with E-state index in [9.17, 15) is 0 Å². The first-order valence-electron chi connectivity index (χ1n) is 4.37. The van der Waals surface area contributed by atoms with Crippen molar-refractivity contribution in [2.24, 2.45) is 7.05 Å². The van der Waals surface area contributed by atoms with Crippen molar-refractivity contribution in [3.8, 4) is 6.07 Å². The summed E-state index contributed by atoms with van der Waals surface area (Å²) in [5.41, 5.74) is 1.01. The van der Waals surface area contributed by atoms with Gasteiger partial charge < -0.3 is 5.32 Å². The summed E-state index contributed by atoms with van der Waals surface area (Å²) in [5.74, 6) is 0.742. The molecule has 0 amide bonds. The maximum absolute atomic E-state index is 8.73. The SMILES string of the molecule is CNC(C#N)CSc1cc(C)nn1C. The summed E-state index contributed by atoms with van der Waals surface area (Å²) in [7, 11) is 3.71. The molecule has 1 aromatic rings. The van der Waals surface area contributed by atoms with Gasteiger partial charge in [-0.3, -0.25) is 4.68 Å². The Bertz CT molecular complexity index is 339. The second-order valence-electron chi connectivity index (χ2n) is 3.03. The molecule has 1 heterocycles. The zero-order valence-electron chi connectivity index (χ0n) is 8.61. The van der Waals surface area contributed by atoms with Gasteiger partial charge in [0.25, 0.3) is 0 Å². The maximum Gasteiger partial charge on any atom is 0.105 e. The Hall–Kier alpha value is -0.990. The lowest BCUT2D eigenvalue weighted by Crippen LogP contribution is -2.25. The van der Waals surface area contributed by atoms with Crippen LogP contribution in [0.3, 0.4) is 0 Å². The summed E-state index contributed by atoms with van der Waals surface area (Å²) in [6, 6.07) is 4.11. The van der Waals surface area contributed by atoms with Crippen molar-refractivity contribution in [3.63, 3.8) is 0 Å². The number of aryl methyl sites for hydroxylation is 2. The predicted octanol–water partition coefficient (Wildman–Crippen LogP) is 0.932. The Morgan fingerprint density at radius 3 is 2.93 bits per heavy atom. The zero-order valence-corrected chi connectivity index (χ0v) is 9.43. The lowest BCUT2D eigenvalue weighted by atomic mass is 10.4. The number of nitrogens with one attached hydrogen (secondary N) is 1. The summed E-state index contributed by atoms with van der Waals surface area (Å²) < 4.78 is 1.84. The van der Waals surface area contributed by atoms with Crippen LogP contribution in [0.5, 0.6) is 0 Å². The van der Waals surface area contributed by atoms with Gasteiger partial charge in [-0.1, -0.05) is 0 Å². The van der Waals surface area contributed by atoms with Gasteiger partial charge in [0, 0.05) is 12.8 Å². The van der Waals surface area contributed by atoms with E-state index in [0.29, 0.717) is 0 Å². The van der Waals surface area contributed by atoms with Crippen LogP contribution in [0.4, 0.5) is 0 Å². The first-order chi connectivity index (χ1) is 6.67. The third-order valence-electron chi connectivity index (χ3n) is 1.86. The molecule has 5 heteroatoms. The van der Waals surface area contributed by atoms with Crippen molar-refractivity contribution in [1.82, 2.24) is 15.1 Å². The molecule has 0 aliphatic heterocycles. The normalized spacial score (nSPS) is 12.4. The van der Waals surface area contributed by atoms with Crippen molar-refractivity contribution < 1.29 is 0 Å². The number of thioether (sulfide) groups is 1. The van der Waals surface area contributed by atoms with E-state index in [2.05, 4.69) is 16.5 Å². The lowest BCUT2D eigenvalue weighted by Gasteiger charge is -2.06. The largest absolute Gasteiger partial charge is 0.304 e. The van der Waals surface area contributed by atoms with Gasteiger partial charge in [0.05, 0.1) is 16.8 Å². The molecule has 0 aliphatic carbocycles. The van der Waals surface area contributed by atoms with E-state index in [1.54, 1.807) is 18.8 Å². The Morgan fingerprint density at radius 1 is 1.79 bits per heavy atom. The molecule has 1 aromatic heterocycles. The van der Waals surface area contributed by atoms with Crippen LogP contribution in [0, 0.1) is 18.3 Å². The molecule has 0 saturated carbocycles. The number of hydrogen-bond donors (Lipinski definition) is 1. The Morgan fingerprint density at radius 2 is 2.50 bits per heavy atom. The molecule has 76 valence electrons. The third kappa shape index (κ3) is 2.76. The van der Waals surface area contributed by atoms with E-state index < -0.39 is 0 Å². The maximum atomic E-state index is 8.73. The quantitative estimate of drug-likeness (QED) is 0.751. The second kappa shape index (κ2) is 5.03. The fourth-order valence-corrected chi connectivity index (χ4v) is 2.14. The number of hydrogen-bond acceptors (Lipinski definition) is 4. The number of rotatable bonds is 4. The van der Waals surface area contributed by atoms with Crippen LogP contribution >= 0.6 is 11.8 Å². The third-order valence-corrected chi connectivity index (χ3v) is 3.04. The van der Waals surface area contributed by atoms with Crippen molar-refractivity contribution in [2.45, 2.75) is 18.0 Å². The van der Waals surface area contributed by atoms with Crippen molar-refractivity contribution >= 4 is 11.8 Å². The fourth-order valence-electron chi connectivity index (χ4n) is 1.08. The molecule has 0 radical (unpaired) electrons. The van der Waals surface area contributed by atoms with Crippen LogP contribution in [-0.4, -0.2) is 28.6 Å². The van der Waals surface area contributed by atoms with Gasteiger partial charge in [-0.15, -0.1) is 11.8 Å². The minimum Gasteiger partial charge on any atom is -0.304 e. The van der Waals surface area contributed by atoms with E-state index in [-0.39, 0.29) is 6.04 Å². The molecule has 0 aromatic carbocycles. The standard InChI is InChI=1S/C9H14N4S/c1-7-4-9(13(3)12-7)14-6-8(5-10)11-2/h4,8,11H,6H2,1-3H3. The highest BCUT2D eigenvalue weighted by Gasteiger charge is 2.07. The van der Waals surface area contributed by atoms with Crippen molar-refractivity contribution in [3.05, 3.63) is 11.8 Å². The first kappa shape index (κ1) is 11.1. The molecule has 1 atom stereocenters. The molecular formula is C9H14N4S. The average Bonchev–Trinajstić information content (AvgIpc) is 2.47. The number of nitrogens with zero attached hydrogens (tertiary/aromatic N) is 3. The Labute approximate surface area is 88.3 Å². The van der Waals surface area contributed by atoms with E-state index >= 15 is 0 Å². The van der Waals surface area contributed by atoms with E-state index in [1.165, 1.54) is 0 Å². The molecule has 4 nitrogen and oxygen atoms in total. The van der Waals surface area contributed by atoms with Crippen LogP contribution in [0.15, 0.2) is 11.1 Å².